The lowest BCUT2D eigenvalue weighted by atomic mass is 9.85. The zero-order valence-electron chi connectivity index (χ0n) is 26.4. The molecule has 0 aliphatic heterocycles. The molecule has 230 valence electrons. The van der Waals surface area contributed by atoms with Crippen LogP contribution in [-0.4, -0.2) is 61.1 Å². The molecular formula is C35H45N3O5. The summed E-state index contributed by atoms with van der Waals surface area (Å²) in [6.45, 7) is 14.4. The Kier molecular flexibility index (Phi) is 11.6. The number of allylic oxidation sites excluding steroid dienone is 1. The van der Waals surface area contributed by atoms with Crippen molar-refractivity contribution in [1.29, 1.82) is 0 Å². The van der Waals surface area contributed by atoms with Crippen molar-refractivity contribution in [2.24, 2.45) is 10.4 Å². The lowest BCUT2D eigenvalue weighted by molar-refractivity contribution is -0.143. The highest BCUT2D eigenvalue weighted by molar-refractivity contribution is 5.92. The molecule has 1 heterocycles. The predicted molar refractivity (Wildman–Crippen MR) is 175 cm³/mol. The van der Waals surface area contributed by atoms with Gasteiger partial charge in [-0.25, -0.2) is 0 Å². The van der Waals surface area contributed by atoms with Gasteiger partial charge in [-0.2, -0.15) is 0 Å². The minimum Gasteiger partial charge on any atom is -0.508 e. The number of phenolic OH excluding ortho intramolecular Hbond substituents is 1. The number of esters is 1. The van der Waals surface area contributed by atoms with Gasteiger partial charge in [0.15, 0.2) is 0 Å². The quantitative estimate of drug-likeness (QED) is 0.126. The first-order chi connectivity index (χ1) is 20.5. The Bertz CT molecular complexity index is 1520. The molecule has 2 N–H and O–H groups in total. The number of rotatable bonds is 15. The van der Waals surface area contributed by atoms with Gasteiger partial charge in [0.25, 0.3) is 0 Å². The minimum atomic E-state index is -0.357. The number of fused-ring (bicyclic) bond motifs is 1. The van der Waals surface area contributed by atoms with Crippen LogP contribution in [0.2, 0.25) is 0 Å². The van der Waals surface area contributed by atoms with Crippen LogP contribution in [0.15, 0.2) is 59.7 Å². The number of aliphatic imine (C=N–C) groups is 1. The summed E-state index contributed by atoms with van der Waals surface area (Å²) in [4.78, 5) is 27.7. The fourth-order valence-corrected chi connectivity index (χ4v) is 5.23. The number of carbonyl (C=O) groups excluding carboxylic acids is 2. The summed E-state index contributed by atoms with van der Waals surface area (Å²) >= 11 is 0. The molecule has 0 bridgehead atoms. The maximum Gasteiger partial charge on any atom is 0.302 e. The third-order valence-corrected chi connectivity index (χ3v) is 7.54. The number of nitrogens with zero attached hydrogens (tertiary/aromatic N) is 2. The number of likely N-dealkylation sites (N-methyl/N-ethyl adjacent to an activating group) is 1. The molecule has 0 spiro atoms. The van der Waals surface area contributed by atoms with E-state index in [0.717, 1.165) is 57.4 Å². The molecule has 0 saturated heterocycles. The van der Waals surface area contributed by atoms with Crippen molar-refractivity contribution >= 4 is 35.4 Å². The number of aryl methyl sites for hydroxylation is 1. The third kappa shape index (κ3) is 8.52. The molecule has 0 fully saturated rings. The van der Waals surface area contributed by atoms with Gasteiger partial charge in [0, 0.05) is 48.8 Å². The van der Waals surface area contributed by atoms with E-state index in [0.29, 0.717) is 12.8 Å². The van der Waals surface area contributed by atoms with Crippen molar-refractivity contribution in [3.63, 3.8) is 0 Å². The Labute approximate surface area is 255 Å². The normalized spacial score (nSPS) is 13.8. The smallest absolute Gasteiger partial charge is 0.302 e. The van der Waals surface area contributed by atoms with Crippen LogP contribution in [0, 0.1) is 5.41 Å². The van der Waals surface area contributed by atoms with Crippen molar-refractivity contribution in [1.82, 2.24) is 9.88 Å². The van der Waals surface area contributed by atoms with Gasteiger partial charge in [0.2, 0.25) is 0 Å². The maximum atomic E-state index is 11.7. The molecule has 0 amide bonds. The topological polar surface area (TPSA) is 102 Å². The summed E-state index contributed by atoms with van der Waals surface area (Å²) in [5, 5.41) is 14.6. The van der Waals surface area contributed by atoms with Gasteiger partial charge in [-0.05, 0) is 86.3 Å². The number of aromatic hydroxyl groups is 1. The number of aldehydes is 1. The number of benzene rings is 2. The van der Waals surface area contributed by atoms with Gasteiger partial charge < -0.3 is 29.3 Å². The zero-order valence-corrected chi connectivity index (χ0v) is 26.4. The summed E-state index contributed by atoms with van der Waals surface area (Å²) < 4.78 is 13.4. The first kappa shape index (κ1) is 33.5. The number of ether oxygens (including phenoxy) is 2. The van der Waals surface area contributed by atoms with Crippen LogP contribution >= 0.6 is 0 Å². The molecule has 0 aliphatic carbocycles. The monoisotopic (exact) mass is 587 g/mol. The summed E-state index contributed by atoms with van der Waals surface area (Å²) in [6.07, 6.45) is 7.08. The molecule has 43 heavy (non-hydrogen) atoms. The summed E-state index contributed by atoms with van der Waals surface area (Å²) in [5.74, 6) is -0.166. The second kappa shape index (κ2) is 14.9. The van der Waals surface area contributed by atoms with Crippen LogP contribution in [-0.2, 0) is 38.4 Å². The average Bonchev–Trinajstić information content (AvgIpc) is 3.26. The van der Waals surface area contributed by atoms with Crippen LogP contribution in [0.25, 0.3) is 28.1 Å². The first-order valence-electron chi connectivity index (χ1n) is 14.6. The first-order valence-corrected chi connectivity index (χ1v) is 14.6. The minimum absolute atomic E-state index is 0.143. The third-order valence-electron chi connectivity index (χ3n) is 7.54. The summed E-state index contributed by atoms with van der Waals surface area (Å²) in [5.41, 5.74) is 6.21. The standard InChI is InChI=1S/C35H45N3O5/c1-9-13-37-32(23(3)42-8)19-34-31(20-35(5,6)22-43-24(4)40)30-18-26(11-12-33(30)38(34)10-2)27-14-25(16-29(41)17-27)15-28(21-39)36-7/h9,11-14,16-19,21,23,28,36,41H,1,10,15,20,22H2,2-8H3/b32-19+,37-13?. The van der Waals surface area contributed by atoms with Crippen LogP contribution in [0.4, 0.5) is 0 Å². The van der Waals surface area contributed by atoms with E-state index in [1.54, 1.807) is 38.6 Å². The van der Waals surface area contributed by atoms with Crippen molar-refractivity contribution < 1.29 is 24.2 Å². The lowest BCUT2D eigenvalue weighted by Gasteiger charge is -2.24. The number of hydrogen-bond donors (Lipinski definition) is 2. The molecule has 0 aliphatic rings. The fraction of sp³-hybridized carbons (Fsp3) is 0.400. The number of methoxy groups -OCH3 is 1. The highest BCUT2D eigenvalue weighted by atomic mass is 16.5. The second-order valence-electron chi connectivity index (χ2n) is 11.5. The molecule has 8 heteroatoms. The van der Waals surface area contributed by atoms with Crippen LogP contribution < -0.4 is 5.32 Å². The molecule has 2 atom stereocenters. The average molecular weight is 588 g/mol. The van der Waals surface area contributed by atoms with E-state index in [9.17, 15) is 14.7 Å². The Hall–Kier alpha value is -4.01. The number of carbonyl (C=O) groups is 2. The van der Waals surface area contributed by atoms with Crippen molar-refractivity contribution in [3.8, 4) is 16.9 Å². The Morgan fingerprint density at radius 3 is 2.56 bits per heavy atom. The SMILES string of the molecule is C=CC=N/C(=C/c1c(CC(C)(C)COC(C)=O)c2cc(-c3cc(O)cc(CC(C=O)NC)c3)ccc2n1CC)C(C)OC. The molecular weight excluding hydrogens is 542 g/mol. The van der Waals surface area contributed by atoms with Gasteiger partial charge in [0.05, 0.1) is 24.4 Å². The maximum absolute atomic E-state index is 11.7. The molecule has 1 aromatic heterocycles. The zero-order chi connectivity index (χ0) is 31.7. The fourth-order valence-electron chi connectivity index (χ4n) is 5.23. The van der Waals surface area contributed by atoms with E-state index in [4.69, 9.17) is 9.47 Å². The molecule has 0 radical (unpaired) electrons. The van der Waals surface area contributed by atoms with Gasteiger partial charge in [-0.1, -0.05) is 38.6 Å². The second-order valence-corrected chi connectivity index (χ2v) is 11.5. The highest BCUT2D eigenvalue weighted by Gasteiger charge is 2.26. The van der Waals surface area contributed by atoms with Crippen molar-refractivity contribution in [2.45, 2.75) is 66.2 Å². The lowest BCUT2D eigenvalue weighted by Crippen LogP contribution is -2.28. The predicted octanol–water partition coefficient (Wildman–Crippen LogP) is 6.13. The Balaban J connectivity index is 2.29. The summed E-state index contributed by atoms with van der Waals surface area (Å²) in [7, 11) is 3.40. The largest absolute Gasteiger partial charge is 0.508 e. The number of phenols is 1. The molecule has 8 nitrogen and oxygen atoms in total. The molecule has 2 unspecified atom stereocenters. The number of nitrogens with one attached hydrogen (secondary N) is 1. The van der Waals surface area contributed by atoms with E-state index in [2.05, 4.69) is 66.5 Å². The highest BCUT2D eigenvalue weighted by Crippen LogP contribution is 2.37. The molecule has 3 aromatic rings. The van der Waals surface area contributed by atoms with Crippen LogP contribution in [0.3, 0.4) is 0 Å². The molecule has 3 rings (SSSR count). The van der Waals surface area contributed by atoms with E-state index in [1.807, 2.05) is 13.0 Å². The summed E-state index contributed by atoms with van der Waals surface area (Å²) in [6, 6.07) is 11.4. The number of hydrogen-bond acceptors (Lipinski definition) is 7. The molecule has 2 aromatic carbocycles. The van der Waals surface area contributed by atoms with Crippen molar-refractivity contribution in [2.75, 3.05) is 20.8 Å². The van der Waals surface area contributed by atoms with E-state index in [-0.39, 0.29) is 35.9 Å². The molecule has 0 saturated carbocycles. The van der Waals surface area contributed by atoms with E-state index >= 15 is 0 Å². The van der Waals surface area contributed by atoms with Gasteiger partial charge in [-0.15, -0.1) is 0 Å². The van der Waals surface area contributed by atoms with E-state index < -0.39 is 0 Å². The van der Waals surface area contributed by atoms with Gasteiger partial charge in [0.1, 0.15) is 12.0 Å². The van der Waals surface area contributed by atoms with Crippen molar-refractivity contribution in [3.05, 3.63) is 71.6 Å². The van der Waals surface area contributed by atoms with Crippen LogP contribution in [0.1, 0.15) is 51.4 Å². The van der Waals surface area contributed by atoms with Gasteiger partial charge >= 0.3 is 5.97 Å². The van der Waals surface area contributed by atoms with E-state index in [1.165, 1.54) is 6.92 Å². The Morgan fingerprint density at radius 2 is 1.95 bits per heavy atom. The number of aromatic nitrogens is 1. The van der Waals surface area contributed by atoms with Crippen LogP contribution in [0.5, 0.6) is 5.75 Å². The van der Waals surface area contributed by atoms with Gasteiger partial charge in [-0.3, -0.25) is 9.79 Å². The Morgan fingerprint density at radius 1 is 1.21 bits per heavy atom.